The molecule has 0 aromatic rings. The highest BCUT2D eigenvalue weighted by Crippen LogP contribution is 2.29. The van der Waals surface area contributed by atoms with Gasteiger partial charge in [-0.15, -0.1) is 0 Å². The molecule has 6 heteroatoms. The summed E-state index contributed by atoms with van der Waals surface area (Å²) in [6.45, 7) is 3.10. The van der Waals surface area contributed by atoms with Gasteiger partial charge in [0.25, 0.3) is 0 Å². The maximum atomic E-state index is 11.6. The fourth-order valence-electron chi connectivity index (χ4n) is 1.88. The Kier molecular flexibility index (Phi) is 5.71. The Morgan fingerprint density at radius 1 is 1.33 bits per heavy atom. The topological polar surface area (TPSA) is 82.1 Å². The van der Waals surface area contributed by atoms with Crippen molar-refractivity contribution in [2.45, 2.75) is 45.2 Å². The van der Waals surface area contributed by atoms with E-state index in [0.29, 0.717) is 0 Å². The fraction of sp³-hybridized carbons (Fsp3) is 0.833. The highest BCUT2D eigenvalue weighted by Gasteiger charge is 2.44. The molecule has 1 aliphatic heterocycles. The average molecular weight is 260 g/mol. The van der Waals surface area contributed by atoms with Crippen molar-refractivity contribution in [3.8, 4) is 0 Å². The van der Waals surface area contributed by atoms with Crippen molar-refractivity contribution in [2.75, 3.05) is 13.7 Å². The van der Waals surface area contributed by atoms with Gasteiger partial charge in [0.1, 0.15) is 5.78 Å². The van der Waals surface area contributed by atoms with Gasteiger partial charge in [-0.05, 0) is 6.92 Å². The number of methoxy groups -OCH3 is 1. The molecule has 0 amide bonds. The number of aliphatic hydroxyl groups excluding tert-OH is 1. The molecular weight excluding hydrogens is 240 g/mol. The number of aliphatic hydroxyl groups is 1. The van der Waals surface area contributed by atoms with E-state index in [1.165, 1.54) is 14.0 Å². The first-order chi connectivity index (χ1) is 8.49. The number of carbonyl (C=O) groups is 2. The Morgan fingerprint density at radius 3 is 2.50 bits per heavy atom. The highest BCUT2D eigenvalue weighted by molar-refractivity contribution is 5.81. The molecule has 104 valence electrons. The van der Waals surface area contributed by atoms with Gasteiger partial charge in [0.15, 0.2) is 12.4 Å². The lowest BCUT2D eigenvalue weighted by Gasteiger charge is -2.20. The lowest BCUT2D eigenvalue weighted by Crippen LogP contribution is -2.33. The molecule has 0 saturated carbocycles. The van der Waals surface area contributed by atoms with Gasteiger partial charge in [-0.1, -0.05) is 6.92 Å². The SMILES string of the molecule is COC1OC(CO)C(C)C1OC(=O)CCC(C)=O. The number of hydrogen-bond acceptors (Lipinski definition) is 6. The van der Waals surface area contributed by atoms with E-state index >= 15 is 0 Å². The van der Waals surface area contributed by atoms with E-state index < -0.39 is 24.5 Å². The standard InChI is InChI=1S/C12H20O6/c1-7(14)4-5-10(15)18-11-8(2)9(6-13)17-12(11)16-3/h8-9,11-13H,4-6H2,1-3H3. The minimum absolute atomic E-state index is 0.0543. The largest absolute Gasteiger partial charge is 0.457 e. The Morgan fingerprint density at radius 2 is 2.00 bits per heavy atom. The van der Waals surface area contributed by atoms with Gasteiger partial charge in [0.2, 0.25) is 0 Å². The zero-order valence-corrected chi connectivity index (χ0v) is 10.9. The van der Waals surface area contributed by atoms with Crippen molar-refractivity contribution >= 4 is 11.8 Å². The molecule has 1 fully saturated rings. The Hall–Kier alpha value is -0.980. The zero-order valence-electron chi connectivity index (χ0n) is 10.9. The van der Waals surface area contributed by atoms with Gasteiger partial charge in [0.05, 0.1) is 19.1 Å². The maximum Gasteiger partial charge on any atom is 0.306 e. The summed E-state index contributed by atoms with van der Waals surface area (Å²) >= 11 is 0. The number of esters is 1. The van der Waals surface area contributed by atoms with Crippen LogP contribution in [0, 0.1) is 5.92 Å². The molecule has 4 atom stereocenters. The zero-order chi connectivity index (χ0) is 13.7. The van der Waals surface area contributed by atoms with Crippen LogP contribution in [0.5, 0.6) is 0 Å². The van der Waals surface area contributed by atoms with Crippen LogP contribution in [0.4, 0.5) is 0 Å². The molecule has 6 nitrogen and oxygen atoms in total. The second-order valence-electron chi connectivity index (χ2n) is 4.48. The summed E-state index contributed by atoms with van der Waals surface area (Å²) in [5, 5.41) is 9.11. The van der Waals surface area contributed by atoms with Crippen LogP contribution in [0.15, 0.2) is 0 Å². The first kappa shape index (κ1) is 15.1. The Bertz CT molecular complexity index is 301. The van der Waals surface area contributed by atoms with E-state index in [4.69, 9.17) is 19.3 Å². The van der Waals surface area contributed by atoms with Crippen molar-refractivity contribution < 1.29 is 28.9 Å². The molecule has 0 aliphatic carbocycles. The predicted octanol–water partition coefficient (Wildman–Crippen LogP) is 0.267. The molecule has 18 heavy (non-hydrogen) atoms. The molecule has 0 aromatic heterocycles. The molecule has 0 aromatic carbocycles. The fourth-order valence-corrected chi connectivity index (χ4v) is 1.88. The molecule has 1 N–H and O–H groups in total. The van der Waals surface area contributed by atoms with E-state index in [0.717, 1.165) is 0 Å². The van der Waals surface area contributed by atoms with Gasteiger partial charge in [-0.25, -0.2) is 0 Å². The van der Waals surface area contributed by atoms with E-state index in [1.807, 2.05) is 6.92 Å². The van der Waals surface area contributed by atoms with Crippen molar-refractivity contribution in [1.82, 2.24) is 0 Å². The van der Waals surface area contributed by atoms with Gasteiger partial charge >= 0.3 is 5.97 Å². The second kappa shape index (κ2) is 6.82. The van der Waals surface area contributed by atoms with Crippen molar-refractivity contribution in [1.29, 1.82) is 0 Å². The summed E-state index contributed by atoms with van der Waals surface area (Å²) in [7, 11) is 1.45. The van der Waals surface area contributed by atoms with Gasteiger partial charge < -0.3 is 24.1 Å². The normalized spacial score (nSPS) is 31.3. The number of ether oxygens (including phenoxy) is 3. The van der Waals surface area contributed by atoms with Crippen LogP contribution in [0.25, 0.3) is 0 Å². The molecule has 4 unspecified atom stereocenters. The van der Waals surface area contributed by atoms with E-state index in [1.54, 1.807) is 0 Å². The van der Waals surface area contributed by atoms with Gasteiger partial charge in [0, 0.05) is 19.4 Å². The number of carbonyl (C=O) groups excluding carboxylic acids is 2. The molecule has 0 spiro atoms. The summed E-state index contributed by atoms with van der Waals surface area (Å²) in [5.74, 6) is -0.660. The summed E-state index contributed by atoms with van der Waals surface area (Å²) in [4.78, 5) is 22.3. The number of Topliss-reactive ketones (excluding diaryl/α,β-unsaturated/α-hetero) is 1. The smallest absolute Gasteiger partial charge is 0.306 e. The summed E-state index contributed by atoms with van der Waals surface area (Å²) in [5.41, 5.74) is 0. The van der Waals surface area contributed by atoms with Gasteiger partial charge in [-0.3, -0.25) is 4.79 Å². The second-order valence-corrected chi connectivity index (χ2v) is 4.48. The van der Waals surface area contributed by atoms with Crippen LogP contribution in [0.1, 0.15) is 26.7 Å². The van der Waals surface area contributed by atoms with Crippen LogP contribution < -0.4 is 0 Å². The quantitative estimate of drug-likeness (QED) is 0.690. The Balaban J connectivity index is 2.53. The third-order valence-corrected chi connectivity index (χ3v) is 3.04. The number of hydrogen-bond donors (Lipinski definition) is 1. The third-order valence-electron chi connectivity index (χ3n) is 3.04. The van der Waals surface area contributed by atoms with Crippen LogP contribution in [0.3, 0.4) is 0 Å². The minimum Gasteiger partial charge on any atom is -0.457 e. The maximum absolute atomic E-state index is 11.6. The summed E-state index contributed by atoms with van der Waals surface area (Å²) in [6, 6.07) is 0. The van der Waals surface area contributed by atoms with Crippen molar-refractivity contribution in [3.05, 3.63) is 0 Å². The molecule has 1 heterocycles. The van der Waals surface area contributed by atoms with E-state index in [9.17, 15) is 9.59 Å². The Labute approximate surface area is 106 Å². The third kappa shape index (κ3) is 3.76. The van der Waals surface area contributed by atoms with Crippen molar-refractivity contribution in [3.63, 3.8) is 0 Å². The molecule has 1 aliphatic rings. The highest BCUT2D eigenvalue weighted by atomic mass is 16.7. The molecule has 0 radical (unpaired) electrons. The molecular formula is C12H20O6. The summed E-state index contributed by atoms with van der Waals surface area (Å²) in [6.07, 6.45) is -1.40. The number of ketones is 1. The van der Waals surface area contributed by atoms with E-state index in [-0.39, 0.29) is 31.1 Å². The van der Waals surface area contributed by atoms with Crippen LogP contribution in [0.2, 0.25) is 0 Å². The molecule has 1 saturated heterocycles. The lowest BCUT2D eigenvalue weighted by molar-refractivity contribution is -0.180. The molecule has 1 rings (SSSR count). The monoisotopic (exact) mass is 260 g/mol. The van der Waals surface area contributed by atoms with Crippen molar-refractivity contribution in [2.24, 2.45) is 5.92 Å². The van der Waals surface area contributed by atoms with Crippen LogP contribution >= 0.6 is 0 Å². The first-order valence-electron chi connectivity index (χ1n) is 5.97. The molecule has 0 bridgehead atoms. The number of rotatable bonds is 6. The average Bonchev–Trinajstić information content (AvgIpc) is 2.63. The lowest BCUT2D eigenvalue weighted by atomic mass is 10.0. The predicted molar refractivity (Wildman–Crippen MR) is 61.7 cm³/mol. The first-order valence-corrected chi connectivity index (χ1v) is 5.97. The summed E-state index contributed by atoms with van der Waals surface area (Å²) < 4.78 is 15.7. The van der Waals surface area contributed by atoms with Crippen LogP contribution in [-0.4, -0.2) is 49.1 Å². The minimum atomic E-state index is -0.668. The van der Waals surface area contributed by atoms with Crippen LogP contribution in [-0.2, 0) is 23.8 Å². The van der Waals surface area contributed by atoms with Gasteiger partial charge in [-0.2, -0.15) is 0 Å². The van der Waals surface area contributed by atoms with E-state index in [2.05, 4.69) is 0 Å².